The Morgan fingerprint density at radius 3 is 2.77 bits per heavy atom. The predicted molar refractivity (Wildman–Crippen MR) is 107 cm³/mol. The molecule has 0 saturated heterocycles. The summed E-state index contributed by atoms with van der Waals surface area (Å²) in [6.45, 7) is -0.390. The van der Waals surface area contributed by atoms with E-state index in [1.165, 1.54) is 0 Å². The van der Waals surface area contributed by atoms with Gasteiger partial charge in [-0.2, -0.15) is 4.98 Å². The zero-order valence-electron chi connectivity index (χ0n) is 15.8. The van der Waals surface area contributed by atoms with Gasteiger partial charge in [-0.1, -0.05) is 17.3 Å². The standard InChI is InChI=1S/C21H17N5O4/c27-18(24-16-8-3-7-15-14(16)5-4-12-22-15)13-29-20(28)10-9-19-25-21(26-30-19)17-6-1-2-11-23-17/h1-8,11-12H,9-10,13H2,(H,24,27). The summed E-state index contributed by atoms with van der Waals surface area (Å²) in [6, 6.07) is 14.4. The molecule has 0 aliphatic rings. The molecule has 9 nitrogen and oxygen atoms in total. The predicted octanol–water partition coefficient (Wildman–Crippen LogP) is 2.79. The summed E-state index contributed by atoms with van der Waals surface area (Å²) < 4.78 is 10.2. The van der Waals surface area contributed by atoms with Crippen LogP contribution in [0.4, 0.5) is 5.69 Å². The van der Waals surface area contributed by atoms with E-state index in [9.17, 15) is 9.59 Å². The zero-order chi connectivity index (χ0) is 20.8. The number of hydrogen-bond acceptors (Lipinski definition) is 8. The van der Waals surface area contributed by atoms with Gasteiger partial charge in [0.25, 0.3) is 5.91 Å². The minimum absolute atomic E-state index is 0.00925. The summed E-state index contributed by atoms with van der Waals surface area (Å²) in [5.74, 6) is -0.333. The topological polar surface area (TPSA) is 120 Å². The second kappa shape index (κ2) is 8.91. The van der Waals surface area contributed by atoms with Crippen molar-refractivity contribution >= 4 is 28.5 Å². The number of fused-ring (bicyclic) bond motifs is 1. The molecule has 3 aromatic heterocycles. The van der Waals surface area contributed by atoms with Gasteiger partial charge in [-0.15, -0.1) is 0 Å². The number of carbonyl (C=O) groups excluding carboxylic acids is 2. The highest BCUT2D eigenvalue weighted by Gasteiger charge is 2.13. The van der Waals surface area contributed by atoms with E-state index in [0.29, 0.717) is 23.1 Å². The molecule has 0 bridgehead atoms. The number of ether oxygens (including phenoxy) is 1. The lowest BCUT2D eigenvalue weighted by atomic mass is 10.2. The van der Waals surface area contributed by atoms with Crippen LogP contribution in [0.2, 0.25) is 0 Å². The first-order valence-electron chi connectivity index (χ1n) is 9.22. The lowest BCUT2D eigenvalue weighted by Crippen LogP contribution is -2.21. The van der Waals surface area contributed by atoms with Crippen LogP contribution in [0.1, 0.15) is 12.3 Å². The average molecular weight is 403 g/mol. The van der Waals surface area contributed by atoms with Crippen LogP contribution in [0, 0.1) is 0 Å². The minimum Gasteiger partial charge on any atom is -0.456 e. The van der Waals surface area contributed by atoms with Crippen LogP contribution in [0.5, 0.6) is 0 Å². The maximum absolute atomic E-state index is 12.1. The molecule has 4 rings (SSSR count). The number of esters is 1. The van der Waals surface area contributed by atoms with Crippen LogP contribution in [-0.2, 0) is 20.7 Å². The molecule has 0 fully saturated rings. The van der Waals surface area contributed by atoms with Crippen molar-refractivity contribution < 1.29 is 18.8 Å². The molecule has 3 heterocycles. The third kappa shape index (κ3) is 4.64. The van der Waals surface area contributed by atoms with Crippen molar-refractivity contribution in [3.05, 3.63) is 66.8 Å². The number of amides is 1. The van der Waals surface area contributed by atoms with Crippen LogP contribution in [0.3, 0.4) is 0 Å². The molecular formula is C21H17N5O4. The monoisotopic (exact) mass is 403 g/mol. The Morgan fingerprint density at radius 1 is 1.00 bits per heavy atom. The molecule has 150 valence electrons. The van der Waals surface area contributed by atoms with Crippen molar-refractivity contribution in [2.75, 3.05) is 11.9 Å². The SMILES string of the molecule is O=C(COC(=O)CCc1nc(-c2ccccn2)no1)Nc1cccc2ncccc12. The quantitative estimate of drug-likeness (QED) is 0.468. The van der Waals surface area contributed by atoms with E-state index < -0.39 is 18.5 Å². The molecule has 0 aliphatic carbocycles. The van der Waals surface area contributed by atoms with Gasteiger partial charge in [0.2, 0.25) is 11.7 Å². The normalized spacial score (nSPS) is 10.7. The number of aryl methyl sites for hydroxylation is 1. The van der Waals surface area contributed by atoms with Gasteiger partial charge in [-0.25, -0.2) is 0 Å². The van der Waals surface area contributed by atoms with Gasteiger partial charge in [0.1, 0.15) is 5.69 Å². The highest BCUT2D eigenvalue weighted by atomic mass is 16.5. The summed E-state index contributed by atoms with van der Waals surface area (Å²) >= 11 is 0. The van der Waals surface area contributed by atoms with Crippen molar-refractivity contribution in [1.82, 2.24) is 20.1 Å². The smallest absolute Gasteiger partial charge is 0.306 e. The number of nitrogens with one attached hydrogen (secondary N) is 1. The molecule has 0 aliphatic heterocycles. The molecule has 1 aromatic carbocycles. The van der Waals surface area contributed by atoms with Crippen LogP contribution >= 0.6 is 0 Å². The number of hydrogen-bond donors (Lipinski definition) is 1. The molecule has 9 heteroatoms. The van der Waals surface area contributed by atoms with Gasteiger partial charge in [0, 0.05) is 24.2 Å². The molecule has 0 spiro atoms. The molecule has 1 amide bonds. The number of rotatable bonds is 7. The first-order chi connectivity index (χ1) is 14.7. The average Bonchev–Trinajstić information content (AvgIpc) is 3.26. The van der Waals surface area contributed by atoms with Gasteiger partial charge in [0.15, 0.2) is 6.61 Å². The molecule has 30 heavy (non-hydrogen) atoms. The minimum atomic E-state index is -0.540. The molecule has 4 aromatic rings. The van der Waals surface area contributed by atoms with Gasteiger partial charge >= 0.3 is 5.97 Å². The maximum Gasteiger partial charge on any atom is 0.306 e. The molecule has 0 saturated carbocycles. The Morgan fingerprint density at radius 2 is 1.90 bits per heavy atom. The second-order valence-electron chi connectivity index (χ2n) is 6.31. The first kappa shape index (κ1) is 19.2. The van der Waals surface area contributed by atoms with Gasteiger partial charge in [-0.3, -0.25) is 19.6 Å². The number of carbonyl (C=O) groups is 2. The van der Waals surface area contributed by atoms with Crippen molar-refractivity contribution in [3.63, 3.8) is 0 Å². The molecule has 0 unspecified atom stereocenters. The third-order valence-corrected chi connectivity index (χ3v) is 4.19. The largest absolute Gasteiger partial charge is 0.456 e. The Bertz CT molecular complexity index is 1170. The molecule has 0 atom stereocenters. The highest BCUT2D eigenvalue weighted by Crippen LogP contribution is 2.21. The van der Waals surface area contributed by atoms with Gasteiger partial charge < -0.3 is 14.6 Å². The lowest BCUT2D eigenvalue weighted by molar-refractivity contribution is -0.147. The third-order valence-electron chi connectivity index (χ3n) is 4.19. The lowest BCUT2D eigenvalue weighted by Gasteiger charge is -2.08. The van der Waals surface area contributed by atoms with E-state index in [2.05, 4.69) is 25.4 Å². The summed E-state index contributed by atoms with van der Waals surface area (Å²) in [6.07, 6.45) is 3.52. The summed E-state index contributed by atoms with van der Waals surface area (Å²) in [4.78, 5) is 36.7. The molecule has 0 radical (unpaired) electrons. The second-order valence-corrected chi connectivity index (χ2v) is 6.31. The fourth-order valence-corrected chi connectivity index (χ4v) is 2.78. The number of pyridine rings is 2. The maximum atomic E-state index is 12.1. The number of aromatic nitrogens is 4. The van der Waals surface area contributed by atoms with E-state index in [0.717, 1.165) is 10.9 Å². The fraction of sp³-hybridized carbons (Fsp3) is 0.143. The van der Waals surface area contributed by atoms with Crippen LogP contribution in [-0.4, -0.2) is 38.6 Å². The molecular weight excluding hydrogens is 386 g/mol. The summed E-state index contributed by atoms with van der Waals surface area (Å²) in [5.41, 5.74) is 1.95. The Kier molecular flexibility index (Phi) is 5.70. The van der Waals surface area contributed by atoms with Crippen LogP contribution in [0.25, 0.3) is 22.4 Å². The highest BCUT2D eigenvalue weighted by molar-refractivity contribution is 6.01. The van der Waals surface area contributed by atoms with Crippen LogP contribution < -0.4 is 5.32 Å². The Labute approximate surface area is 171 Å². The fourth-order valence-electron chi connectivity index (χ4n) is 2.78. The van der Waals surface area contributed by atoms with Crippen molar-refractivity contribution in [2.24, 2.45) is 0 Å². The van der Waals surface area contributed by atoms with Crippen molar-refractivity contribution in [2.45, 2.75) is 12.8 Å². The first-order valence-corrected chi connectivity index (χ1v) is 9.22. The Hall–Kier alpha value is -4.14. The van der Waals surface area contributed by atoms with E-state index in [1.54, 1.807) is 42.7 Å². The number of anilines is 1. The van der Waals surface area contributed by atoms with Gasteiger partial charge in [0.05, 0.1) is 17.6 Å². The van der Waals surface area contributed by atoms with Gasteiger partial charge in [-0.05, 0) is 36.4 Å². The van der Waals surface area contributed by atoms with E-state index in [-0.39, 0.29) is 12.8 Å². The summed E-state index contributed by atoms with van der Waals surface area (Å²) in [5, 5.41) is 7.38. The summed E-state index contributed by atoms with van der Waals surface area (Å²) in [7, 11) is 0. The van der Waals surface area contributed by atoms with E-state index in [4.69, 9.17) is 9.26 Å². The van der Waals surface area contributed by atoms with Crippen molar-refractivity contribution in [1.29, 1.82) is 0 Å². The Balaban J connectivity index is 1.26. The molecule has 1 N–H and O–H groups in total. The van der Waals surface area contributed by atoms with E-state index >= 15 is 0 Å². The van der Waals surface area contributed by atoms with Crippen molar-refractivity contribution in [3.8, 4) is 11.5 Å². The van der Waals surface area contributed by atoms with Crippen LogP contribution in [0.15, 0.2) is 65.4 Å². The zero-order valence-corrected chi connectivity index (χ0v) is 15.8. The number of benzene rings is 1. The number of nitrogens with zero attached hydrogens (tertiary/aromatic N) is 4. The van der Waals surface area contributed by atoms with E-state index in [1.807, 2.05) is 18.2 Å².